The van der Waals surface area contributed by atoms with Crippen molar-refractivity contribution >= 4 is 17.9 Å². The highest BCUT2D eigenvalue weighted by Crippen LogP contribution is 2.13. The van der Waals surface area contributed by atoms with E-state index in [9.17, 15) is 4.79 Å². The maximum absolute atomic E-state index is 11.8. The molecule has 0 bridgehead atoms. The number of carbonyl (C=O) groups is 1. The molecule has 0 aliphatic rings. The molecule has 0 aliphatic carbocycles. The lowest BCUT2D eigenvalue weighted by atomic mass is 10.1. The van der Waals surface area contributed by atoms with E-state index in [4.69, 9.17) is 20.9 Å². The molecule has 0 radical (unpaired) electrons. The van der Waals surface area contributed by atoms with Crippen LogP contribution in [0.2, 0.25) is 0 Å². The van der Waals surface area contributed by atoms with Crippen molar-refractivity contribution in [2.24, 2.45) is 0 Å². The van der Waals surface area contributed by atoms with E-state index in [1.165, 1.54) is 0 Å². The van der Waals surface area contributed by atoms with Crippen molar-refractivity contribution in [3.63, 3.8) is 0 Å². The third-order valence-electron chi connectivity index (χ3n) is 2.56. The first-order valence-corrected chi connectivity index (χ1v) is 6.11. The second-order valence-corrected chi connectivity index (χ2v) is 4.16. The molecule has 21 heavy (non-hydrogen) atoms. The van der Waals surface area contributed by atoms with Gasteiger partial charge >= 0.3 is 5.97 Å². The molecule has 0 atom stereocenters. The van der Waals surface area contributed by atoms with Crippen LogP contribution in [0.25, 0.3) is 0 Å². The van der Waals surface area contributed by atoms with E-state index in [0.29, 0.717) is 5.75 Å². The van der Waals surface area contributed by atoms with Gasteiger partial charge in [0.05, 0.1) is 13.5 Å². The van der Waals surface area contributed by atoms with Gasteiger partial charge in [-0.25, -0.2) is 0 Å². The van der Waals surface area contributed by atoms with Crippen LogP contribution in [0, 0.1) is 0 Å². The molecule has 2 rings (SSSR count). The van der Waals surface area contributed by atoms with Crippen LogP contribution < -0.4 is 16.2 Å². The number of carbonyl (C=O) groups excluding carboxylic acids is 1. The van der Waals surface area contributed by atoms with Gasteiger partial charge in [0.2, 0.25) is 11.9 Å². The van der Waals surface area contributed by atoms with Gasteiger partial charge in [0, 0.05) is 0 Å². The number of nitrogens with zero attached hydrogens (tertiary/aromatic N) is 3. The Balaban J connectivity index is 1.92. The highest BCUT2D eigenvalue weighted by molar-refractivity contribution is 5.72. The van der Waals surface area contributed by atoms with Crippen molar-refractivity contribution in [1.82, 2.24) is 15.0 Å². The lowest BCUT2D eigenvalue weighted by Gasteiger charge is -2.06. The second kappa shape index (κ2) is 6.51. The number of benzene rings is 1. The predicted octanol–water partition coefficient (Wildman–Crippen LogP) is 0.331. The fraction of sp³-hybridized carbons (Fsp3) is 0.231. The molecule has 0 fully saturated rings. The van der Waals surface area contributed by atoms with Crippen LogP contribution >= 0.6 is 0 Å². The number of nitrogens with two attached hydrogens (primary N) is 2. The number of esters is 1. The number of ether oxygens (including phenoxy) is 2. The number of nitrogen functional groups attached to an aromatic ring is 2. The Kier molecular flexibility index (Phi) is 4.50. The largest absolute Gasteiger partial charge is 0.497 e. The van der Waals surface area contributed by atoms with Crippen LogP contribution in [0.15, 0.2) is 24.3 Å². The van der Waals surface area contributed by atoms with Gasteiger partial charge in [-0.2, -0.15) is 15.0 Å². The molecular formula is C13H15N5O3. The quantitative estimate of drug-likeness (QED) is 0.754. The third-order valence-corrected chi connectivity index (χ3v) is 2.56. The van der Waals surface area contributed by atoms with E-state index in [0.717, 1.165) is 5.56 Å². The summed E-state index contributed by atoms with van der Waals surface area (Å²) in [6.45, 7) is -0.111. The molecule has 2 aromatic rings. The maximum atomic E-state index is 11.8. The van der Waals surface area contributed by atoms with Gasteiger partial charge in [-0.05, 0) is 17.7 Å². The fourth-order valence-electron chi connectivity index (χ4n) is 1.67. The standard InChI is InChI=1S/C13H15N5O3/c1-20-9-4-2-3-8(5-9)6-11(19)21-7-10-16-12(14)18-13(15)17-10/h2-5H,6-7H2,1H3,(H4,14,15,16,17,18). The van der Waals surface area contributed by atoms with Gasteiger partial charge in [-0.1, -0.05) is 12.1 Å². The molecule has 8 nitrogen and oxygen atoms in total. The topological polar surface area (TPSA) is 126 Å². The van der Waals surface area contributed by atoms with Gasteiger partial charge < -0.3 is 20.9 Å². The SMILES string of the molecule is COc1cccc(CC(=O)OCc2nc(N)nc(N)n2)c1. The smallest absolute Gasteiger partial charge is 0.310 e. The molecule has 110 valence electrons. The van der Waals surface area contributed by atoms with E-state index in [1.54, 1.807) is 25.3 Å². The zero-order valence-corrected chi connectivity index (χ0v) is 11.4. The molecule has 1 aromatic heterocycles. The monoisotopic (exact) mass is 289 g/mol. The number of aromatic nitrogens is 3. The summed E-state index contributed by atoms with van der Waals surface area (Å²) < 4.78 is 10.2. The zero-order valence-electron chi connectivity index (χ0n) is 11.4. The Bertz CT molecular complexity index is 627. The molecule has 0 saturated heterocycles. The number of hydrogen-bond acceptors (Lipinski definition) is 8. The highest BCUT2D eigenvalue weighted by atomic mass is 16.5. The first-order valence-electron chi connectivity index (χ1n) is 6.11. The van der Waals surface area contributed by atoms with Gasteiger partial charge in [-0.3, -0.25) is 4.79 Å². The van der Waals surface area contributed by atoms with Gasteiger partial charge in [0.15, 0.2) is 12.4 Å². The van der Waals surface area contributed by atoms with Crippen molar-refractivity contribution < 1.29 is 14.3 Å². The zero-order chi connectivity index (χ0) is 15.2. The number of hydrogen-bond donors (Lipinski definition) is 2. The van der Waals surface area contributed by atoms with E-state index >= 15 is 0 Å². The minimum absolute atomic E-state index is 0.0126. The predicted molar refractivity (Wildman–Crippen MR) is 75.1 cm³/mol. The first kappa shape index (κ1) is 14.5. The molecule has 1 heterocycles. The molecular weight excluding hydrogens is 274 g/mol. The van der Waals surface area contributed by atoms with E-state index in [1.807, 2.05) is 6.07 Å². The maximum Gasteiger partial charge on any atom is 0.310 e. The fourth-order valence-corrected chi connectivity index (χ4v) is 1.67. The van der Waals surface area contributed by atoms with Crippen LogP contribution in [-0.4, -0.2) is 28.0 Å². The Morgan fingerprint density at radius 1 is 1.19 bits per heavy atom. The van der Waals surface area contributed by atoms with Crippen LogP contribution in [0.1, 0.15) is 11.4 Å². The Labute approximate surface area is 121 Å². The average Bonchev–Trinajstić information content (AvgIpc) is 2.44. The number of methoxy groups -OCH3 is 1. The van der Waals surface area contributed by atoms with Crippen molar-refractivity contribution in [3.05, 3.63) is 35.7 Å². The first-order chi connectivity index (χ1) is 10.1. The van der Waals surface area contributed by atoms with Crippen LogP contribution in [0.5, 0.6) is 5.75 Å². The normalized spacial score (nSPS) is 10.1. The molecule has 0 saturated carbocycles. The van der Waals surface area contributed by atoms with E-state index < -0.39 is 5.97 Å². The molecule has 4 N–H and O–H groups in total. The Morgan fingerprint density at radius 2 is 1.90 bits per heavy atom. The lowest BCUT2D eigenvalue weighted by molar-refractivity contribution is -0.144. The summed E-state index contributed by atoms with van der Waals surface area (Å²) in [6, 6.07) is 7.17. The molecule has 0 amide bonds. The molecule has 1 aromatic carbocycles. The number of rotatable bonds is 5. The Hall–Kier alpha value is -2.90. The van der Waals surface area contributed by atoms with Crippen LogP contribution in [-0.2, 0) is 22.6 Å². The van der Waals surface area contributed by atoms with Crippen molar-refractivity contribution in [2.75, 3.05) is 18.6 Å². The van der Waals surface area contributed by atoms with Crippen molar-refractivity contribution in [1.29, 1.82) is 0 Å². The van der Waals surface area contributed by atoms with Crippen LogP contribution in [0.4, 0.5) is 11.9 Å². The number of anilines is 2. The summed E-state index contributed by atoms with van der Waals surface area (Å²) in [6.07, 6.45) is 0.118. The van der Waals surface area contributed by atoms with Crippen molar-refractivity contribution in [3.8, 4) is 5.75 Å². The minimum Gasteiger partial charge on any atom is -0.497 e. The average molecular weight is 289 g/mol. The van der Waals surface area contributed by atoms with Crippen molar-refractivity contribution in [2.45, 2.75) is 13.0 Å². The summed E-state index contributed by atoms with van der Waals surface area (Å²) in [5.41, 5.74) is 11.6. The van der Waals surface area contributed by atoms with Gasteiger partial charge in [0.1, 0.15) is 5.75 Å². The summed E-state index contributed by atoms with van der Waals surface area (Å²) in [7, 11) is 1.56. The summed E-state index contributed by atoms with van der Waals surface area (Å²) in [5.74, 6) is 0.445. The Morgan fingerprint density at radius 3 is 2.57 bits per heavy atom. The van der Waals surface area contributed by atoms with Gasteiger partial charge in [-0.15, -0.1) is 0 Å². The summed E-state index contributed by atoms with van der Waals surface area (Å²) >= 11 is 0. The van der Waals surface area contributed by atoms with E-state index in [-0.39, 0.29) is 30.7 Å². The van der Waals surface area contributed by atoms with E-state index in [2.05, 4.69) is 15.0 Å². The lowest BCUT2D eigenvalue weighted by Crippen LogP contribution is -2.12. The summed E-state index contributed by atoms with van der Waals surface area (Å²) in [4.78, 5) is 23.0. The molecule has 0 unspecified atom stereocenters. The second-order valence-electron chi connectivity index (χ2n) is 4.16. The molecule has 0 aliphatic heterocycles. The molecule has 0 spiro atoms. The highest BCUT2D eigenvalue weighted by Gasteiger charge is 2.08. The van der Waals surface area contributed by atoms with Gasteiger partial charge in [0.25, 0.3) is 0 Å². The molecule has 8 heteroatoms. The third kappa shape index (κ3) is 4.30. The summed E-state index contributed by atoms with van der Waals surface area (Å²) in [5, 5.41) is 0. The van der Waals surface area contributed by atoms with Crippen LogP contribution in [0.3, 0.4) is 0 Å². The minimum atomic E-state index is -0.416.